The highest BCUT2D eigenvalue weighted by molar-refractivity contribution is 14.1. The molecule has 3 heteroatoms. The molecule has 0 saturated heterocycles. The summed E-state index contributed by atoms with van der Waals surface area (Å²) in [6, 6.07) is 10.3. The van der Waals surface area contributed by atoms with Gasteiger partial charge in [-0.15, -0.1) is 0 Å². The third-order valence-corrected chi connectivity index (χ3v) is 3.85. The number of halogens is 1. The summed E-state index contributed by atoms with van der Waals surface area (Å²) >= 11 is 1.89. The van der Waals surface area contributed by atoms with Crippen molar-refractivity contribution < 1.29 is 7.80 Å². The van der Waals surface area contributed by atoms with Gasteiger partial charge in [0.25, 0.3) is 0 Å². The normalized spacial score (nSPS) is 10.4. The van der Waals surface area contributed by atoms with Crippen LogP contribution < -0.4 is 7.80 Å². The van der Waals surface area contributed by atoms with Crippen LogP contribution in [0.3, 0.4) is 0 Å². The third kappa shape index (κ3) is 3.26. The summed E-state index contributed by atoms with van der Waals surface area (Å²) in [6.45, 7) is 8.37. The molecule has 0 N–H and O–H groups in total. The number of benzene rings is 2. The Labute approximate surface area is 134 Å². The summed E-state index contributed by atoms with van der Waals surface area (Å²) in [6.07, 6.45) is 1.04. The SMILES string of the molecule is CCc1cc(C)c(Oc2ccc(OI)c(C)c2)c(C)c1. The first kappa shape index (κ1) is 15.2. The minimum absolute atomic E-state index is 0.843. The van der Waals surface area contributed by atoms with Crippen LogP contribution in [0.15, 0.2) is 30.3 Å². The molecule has 0 atom stereocenters. The van der Waals surface area contributed by atoms with Gasteiger partial charge in [-0.3, -0.25) is 0 Å². The van der Waals surface area contributed by atoms with Crippen LogP contribution in [0, 0.1) is 20.8 Å². The first-order valence-corrected chi connectivity index (χ1v) is 7.60. The van der Waals surface area contributed by atoms with Crippen molar-refractivity contribution >= 4 is 23.0 Å². The van der Waals surface area contributed by atoms with Crippen molar-refractivity contribution in [3.63, 3.8) is 0 Å². The van der Waals surface area contributed by atoms with E-state index in [0.29, 0.717) is 0 Å². The molecule has 0 aliphatic rings. The van der Waals surface area contributed by atoms with Gasteiger partial charge in [0.05, 0.1) is 0 Å². The Hall–Kier alpha value is -1.23. The molecular formula is C17H19IO2. The van der Waals surface area contributed by atoms with Gasteiger partial charge in [0.2, 0.25) is 0 Å². The maximum absolute atomic E-state index is 6.06. The lowest BCUT2D eigenvalue weighted by Crippen LogP contribution is -1.94. The van der Waals surface area contributed by atoms with Crippen LogP contribution in [0.1, 0.15) is 29.2 Å². The summed E-state index contributed by atoms with van der Waals surface area (Å²) in [5.74, 6) is 2.66. The molecule has 20 heavy (non-hydrogen) atoms. The van der Waals surface area contributed by atoms with Crippen molar-refractivity contribution in [2.45, 2.75) is 34.1 Å². The number of ether oxygens (including phenoxy) is 1. The molecule has 0 fully saturated rings. The van der Waals surface area contributed by atoms with Crippen LogP contribution in [0.25, 0.3) is 0 Å². The first-order chi connectivity index (χ1) is 9.55. The Balaban J connectivity index is 2.32. The summed E-state index contributed by atoms with van der Waals surface area (Å²) in [5, 5.41) is 0. The van der Waals surface area contributed by atoms with E-state index in [1.165, 1.54) is 16.7 Å². The highest BCUT2D eigenvalue weighted by Gasteiger charge is 2.08. The molecule has 2 nitrogen and oxygen atoms in total. The highest BCUT2D eigenvalue weighted by Crippen LogP contribution is 2.32. The van der Waals surface area contributed by atoms with Crippen molar-refractivity contribution in [2.75, 3.05) is 0 Å². The van der Waals surface area contributed by atoms with E-state index in [4.69, 9.17) is 7.80 Å². The average Bonchev–Trinajstić information content (AvgIpc) is 2.42. The van der Waals surface area contributed by atoms with Crippen molar-refractivity contribution in [1.29, 1.82) is 0 Å². The fourth-order valence-electron chi connectivity index (χ4n) is 2.29. The van der Waals surface area contributed by atoms with Gasteiger partial charge in [0.15, 0.2) is 23.0 Å². The molecule has 0 aromatic heterocycles. The Bertz CT molecular complexity index is 597. The van der Waals surface area contributed by atoms with Crippen molar-refractivity contribution in [3.8, 4) is 17.2 Å². The predicted molar refractivity (Wildman–Crippen MR) is 91.2 cm³/mol. The van der Waals surface area contributed by atoms with Gasteiger partial charge in [-0.2, -0.15) is 0 Å². The van der Waals surface area contributed by atoms with Crippen molar-refractivity contribution in [1.82, 2.24) is 0 Å². The van der Waals surface area contributed by atoms with E-state index in [1.54, 1.807) is 0 Å². The molecule has 0 heterocycles. The number of aryl methyl sites for hydroxylation is 4. The minimum Gasteiger partial charge on any atom is -0.457 e. The smallest absolute Gasteiger partial charge is 0.192 e. The Kier molecular flexibility index (Phi) is 4.91. The van der Waals surface area contributed by atoms with Crippen molar-refractivity contribution in [2.24, 2.45) is 0 Å². The van der Waals surface area contributed by atoms with Gasteiger partial charge in [0, 0.05) is 0 Å². The van der Waals surface area contributed by atoms with Gasteiger partial charge < -0.3 is 7.80 Å². The third-order valence-electron chi connectivity index (χ3n) is 3.38. The Morgan fingerprint density at radius 3 is 2.10 bits per heavy atom. The van der Waals surface area contributed by atoms with Crippen molar-refractivity contribution in [3.05, 3.63) is 52.6 Å². The number of hydrogen-bond donors (Lipinski definition) is 0. The topological polar surface area (TPSA) is 18.5 Å². The van der Waals surface area contributed by atoms with Gasteiger partial charge in [-0.05, 0) is 67.6 Å². The monoisotopic (exact) mass is 382 g/mol. The van der Waals surface area contributed by atoms with E-state index in [2.05, 4.69) is 32.9 Å². The van der Waals surface area contributed by atoms with Crippen LogP contribution in [0.5, 0.6) is 17.2 Å². The molecule has 0 saturated carbocycles. The summed E-state index contributed by atoms with van der Waals surface area (Å²) < 4.78 is 11.3. The largest absolute Gasteiger partial charge is 0.457 e. The molecule has 0 amide bonds. The van der Waals surface area contributed by atoms with E-state index in [0.717, 1.165) is 29.2 Å². The molecule has 0 radical (unpaired) electrons. The molecule has 0 aliphatic carbocycles. The number of rotatable bonds is 4. The van der Waals surface area contributed by atoms with Gasteiger partial charge in [-0.25, -0.2) is 0 Å². The summed E-state index contributed by atoms with van der Waals surface area (Å²) in [5.41, 5.74) is 4.76. The lowest BCUT2D eigenvalue weighted by atomic mass is 10.0. The second-order valence-corrected chi connectivity index (χ2v) is 5.46. The zero-order chi connectivity index (χ0) is 14.7. The number of hydrogen-bond acceptors (Lipinski definition) is 2. The van der Waals surface area contributed by atoms with Crippen LogP contribution in [0.4, 0.5) is 0 Å². The van der Waals surface area contributed by atoms with E-state index in [9.17, 15) is 0 Å². The molecule has 2 rings (SSSR count). The minimum atomic E-state index is 0.843. The van der Waals surface area contributed by atoms with E-state index in [-0.39, 0.29) is 0 Å². The molecular weight excluding hydrogens is 363 g/mol. The lowest BCUT2D eigenvalue weighted by molar-refractivity contribution is 0.473. The Morgan fingerprint density at radius 1 is 0.950 bits per heavy atom. The molecule has 106 valence electrons. The summed E-state index contributed by atoms with van der Waals surface area (Å²) in [4.78, 5) is 0. The molecule has 2 aromatic rings. The maximum atomic E-state index is 6.06. The van der Waals surface area contributed by atoms with E-state index >= 15 is 0 Å². The second kappa shape index (κ2) is 6.48. The predicted octanol–water partition coefficient (Wildman–Crippen LogP) is 5.70. The zero-order valence-corrected chi connectivity index (χ0v) is 14.4. The van der Waals surface area contributed by atoms with Crippen LogP contribution in [0.2, 0.25) is 0 Å². The quantitative estimate of drug-likeness (QED) is 0.632. The molecule has 0 spiro atoms. The van der Waals surface area contributed by atoms with Crippen LogP contribution >= 0.6 is 23.0 Å². The van der Waals surface area contributed by atoms with Gasteiger partial charge >= 0.3 is 0 Å². The fourth-order valence-corrected chi connectivity index (χ4v) is 2.79. The van der Waals surface area contributed by atoms with E-state index in [1.807, 2.05) is 48.1 Å². The highest BCUT2D eigenvalue weighted by atomic mass is 127. The maximum Gasteiger partial charge on any atom is 0.192 e. The van der Waals surface area contributed by atoms with Gasteiger partial charge in [0.1, 0.15) is 17.2 Å². The zero-order valence-electron chi connectivity index (χ0n) is 12.3. The Morgan fingerprint density at radius 2 is 1.60 bits per heavy atom. The molecule has 0 unspecified atom stereocenters. The second-order valence-electron chi connectivity index (χ2n) is 5.02. The molecule has 2 aromatic carbocycles. The molecule has 0 aliphatic heterocycles. The standard InChI is InChI=1S/C17H19IO2/c1-5-14-8-12(3)17(13(4)9-14)19-15-6-7-16(20-18)11(2)10-15/h6-10H,5H2,1-4H3. The van der Waals surface area contributed by atoms with Crippen LogP contribution in [-0.4, -0.2) is 0 Å². The van der Waals surface area contributed by atoms with E-state index < -0.39 is 0 Å². The average molecular weight is 382 g/mol. The fraction of sp³-hybridized carbons (Fsp3) is 0.294. The molecule has 0 bridgehead atoms. The van der Waals surface area contributed by atoms with Crippen LogP contribution in [-0.2, 0) is 6.42 Å². The first-order valence-electron chi connectivity index (χ1n) is 6.72. The lowest BCUT2D eigenvalue weighted by Gasteiger charge is -2.14. The summed E-state index contributed by atoms with van der Waals surface area (Å²) in [7, 11) is 0. The van der Waals surface area contributed by atoms with Gasteiger partial charge in [-0.1, -0.05) is 19.1 Å².